The lowest BCUT2D eigenvalue weighted by Crippen LogP contribution is -2.43. The van der Waals surface area contributed by atoms with Gasteiger partial charge in [-0.15, -0.1) is 0 Å². The maximum absolute atomic E-state index is 13.9. The van der Waals surface area contributed by atoms with Crippen molar-refractivity contribution in [3.8, 4) is 11.1 Å². The van der Waals surface area contributed by atoms with E-state index in [1.807, 2.05) is 48.5 Å². The van der Waals surface area contributed by atoms with Gasteiger partial charge in [-0.05, 0) is 84.1 Å². The molecule has 0 unspecified atom stereocenters. The van der Waals surface area contributed by atoms with Crippen LogP contribution in [0.15, 0.2) is 103 Å². The number of piperidine rings is 1. The second kappa shape index (κ2) is 12.7. The molecule has 0 bridgehead atoms. The third-order valence-electron chi connectivity index (χ3n) is 7.56. The van der Waals surface area contributed by atoms with Crippen LogP contribution in [0.5, 0.6) is 0 Å². The molecule has 4 nitrogen and oxygen atoms in total. The van der Waals surface area contributed by atoms with Crippen LogP contribution in [-0.4, -0.2) is 25.7 Å². The topological polar surface area (TPSA) is 47.6 Å². The van der Waals surface area contributed by atoms with Crippen LogP contribution in [0.3, 0.4) is 0 Å². The standard InChI is InChI=1S/C34H32F3NO3/c35-34(36,37)31-19-26(22-40-24-33(14-16-38-17-15-33)30-12-5-2-6-13-30)18-29(21-31)27-10-7-11-28(20-27)32(39)41-23-25-8-3-1-4-9-25/h1-13,18-21,38H,14-17,22-24H2. The molecular weight excluding hydrogens is 527 g/mol. The molecule has 1 aliphatic heterocycles. The van der Waals surface area contributed by atoms with E-state index >= 15 is 0 Å². The van der Waals surface area contributed by atoms with E-state index in [1.165, 1.54) is 5.56 Å². The number of esters is 1. The third-order valence-corrected chi connectivity index (χ3v) is 7.56. The van der Waals surface area contributed by atoms with Crippen molar-refractivity contribution in [1.82, 2.24) is 5.32 Å². The minimum atomic E-state index is -4.53. The highest BCUT2D eigenvalue weighted by atomic mass is 19.4. The minimum Gasteiger partial charge on any atom is -0.457 e. The fourth-order valence-corrected chi connectivity index (χ4v) is 5.32. The largest absolute Gasteiger partial charge is 0.457 e. The van der Waals surface area contributed by atoms with Gasteiger partial charge < -0.3 is 14.8 Å². The molecule has 4 aromatic rings. The van der Waals surface area contributed by atoms with Crippen molar-refractivity contribution in [1.29, 1.82) is 0 Å². The third kappa shape index (κ3) is 7.23. The van der Waals surface area contributed by atoms with Gasteiger partial charge in [-0.1, -0.05) is 72.8 Å². The molecule has 1 aliphatic rings. The Morgan fingerprint density at radius 2 is 1.46 bits per heavy atom. The Labute approximate surface area is 238 Å². The average Bonchev–Trinajstić information content (AvgIpc) is 3.01. The van der Waals surface area contributed by atoms with Gasteiger partial charge in [-0.2, -0.15) is 13.2 Å². The average molecular weight is 560 g/mol. The van der Waals surface area contributed by atoms with Crippen LogP contribution in [0.25, 0.3) is 11.1 Å². The second-order valence-electron chi connectivity index (χ2n) is 10.4. The molecule has 41 heavy (non-hydrogen) atoms. The van der Waals surface area contributed by atoms with E-state index in [0.717, 1.165) is 43.6 Å². The Balaban J connectivity index is 1.35. The highest BCUT2D eigenvalue weighted by Crippen LogP contribution is 2.36. The number of ether oxygens (including phenoxy) is 2. The van der Waals surface area contributed by atoms with Crippen LogP contribution in [-0.2, 0) is 34.3 Å². The van der Waals surface area contributed by atoms with E-state index in [2.05, 4.69) is 17.4 Å². The van der Waals surface area contributed by atoms with Gasteiger partial charge in [-0.25, -0.2) is 4.79 Å². The second-order valence-corrected chi connectivity index (χ2v) is 10.4. The Bertz CT molecular complexity index is 1450. The molecular formula is C34H32F3NO3. The molecule has 1 fully saturated rings. The first kappa shape index (κ1) is 28.6. The first-order valence-electron chi connectivity index (χ1n) is 13.7. The molecule has 7 heteroatoms. The van der Waals surface area contributed by atoms with Gasteiger partial charge >= 0.3 is 12.1 Å². The molecule has 0 aromatic heterocycles. The summed E-state index contributed by atoms with van der Waals surface area (Å²) in [7, 11) is 0. The van der Waals surface area contributed by atoms with Gasteiger partial charge in [0, 0.05) is 5.41 Å². The van der Waals surface area contributed by atoms with Gasteiger partial charge in [0.05, 0.1) is 24.3 Å². The summed E-state index contributed by atoms with van der Waals surface area (Å²) in [5, 5.41) is 3.38. The summed E-state index contributed by atoms with van der Waals surface area (Å²) in [5.41, 5.74) is 2.62. The lowest BCUT2D eigenvalue weighted by molar-refractivity contribution is -0.137. The van der Waals surface area contributed by atoms with E-state index < -0.39 is 17.7 Å². The summed E-state index contributed by atoms with van der Waals surface area (Å²) in [6.45, 7) is 2.27. The molecule has 1 heterocycles. The summed E-state index contributed by atoms with van der Waals surface area (Å²) < 4.78 is 53.3. The SMILES string of the molecule is O=C(OCc1ccccc1)c1cccc(-c2cc(COCC3(c4ccccc4)CCNCC3)cc(C(F)(F)F)c2)c1. The predicted molar refractivity (Wildman–Crippen MR) is 152 cm³/mol. The molecule has 0 aliphatic carbocycles. The minimum absolute atomic E-state index is 0.0394. The number of carbonyl (C=O) groups excluding carboxylic acids is 1. The quantitative estimate of drug-likeness (QED) is 0.215. The summed E-state index contributed by atoms with van der Waals surface area (Å²) >= 11 is 0. The zero-order valence-corrected chi connectivity index (χ0v) is 22.6. The molecule has 5 rings (SSSR count). The van der Waals surface area contributed by atoms with Crippen LogP contribution in [0.1, 0.15) is 45.5 Å². The van der Waals surface area contributed by atoms with Crippen LogP contribution in [0.4, 0.5) is 13.2 Å². The highest BCUT2D eigenvalue weighted by molar-refractivity contribution is 5.91. The Kier molecular flexibility index (Phi) is 8.86. The van der Waals surface area contributed by atoms with Gasteiger partial charge in [0.1, 0.15) is 6.61 Å². The van der Waals surface area contributed by atoms with Crippen LogP contribution in [0, 0.1) is 0 Å². The zero-order chi connectivity index (χ0) is 28.7. The molecule has 0 spiro atoms. The van der Waals surface area contributed by atoms with Crippen molar-refractivity contribution in [2.45, 2.75) is 37.6 Å². The Morgan fingerprint density at radius 3 is 2.17 bits per heavy atom. The summed E-state index contributed by atoms with van der Waals surface area (Å²) in [6, 6.07) is 29.9. The highest BCUT2D eigenvalue weighted by Gasteiger charge is 2.34. The Morgan fingerprint density at radius 1 is 0.756 bits per heavy atom. The van der Waals surface area contributed by atoms with Crippen molar-refractivity contribution < 1.29 is 27.4 Å². The van der Waals surface area contributed by atoms with Crippen LogP contribution in [0.2, 0.25) is 0 Å². The van der Waals surface area contributed by atoms with E-state index in [0.29, 0.717) is 23.3 Å². The monoisotopic (exact) mass is 559 g/mol. The molecule has 212 valence electrons. The number of carbonyl (C=O) groups is 1. The number of nitrogens with one attached hydrogen (secondary N) is 1. The number of halogens is 3. The number of hydrogen-bond donors (Lipinski definition) is 1. The Hall–Kier alpha value is -3.94. The zero-order valence-electron chi connectivity index (χ0n) is 22.6. The van der Waals surface area contributed by atoms with Crippen molar-refractivity contribution in [3.05, 3.63) is 131 Å². The number of benzene rings is 4. The lowest BCUT2D eigenvalue weighted by Gasteiger charge is -2.38. The number of alkyl halides is 3. The van der Waals surface area contributed by atoms with Crippen molar-refractivity contribution in [3.63, 3.8) is 0 Å². The number of rotatable bonds is 9. The van der Waals surface area contributed by atoms with Crippen LogP contribution < -0.4 is 5.32 Å². The molecule has 0 amide bonds. The maximum Gasteiger partial charge on any atom is 0.416 e. The fraction of sp³-hybridized carbons (Fsp3) is 0.265. The number of hydrogen-bond acceptors (Lipinski definition) is 4. The van der Waals surface area contributed by atoms with Gasteiger partial charge in [-0.3, -0.25) is 0 Å². The normalized spacial score (nSPS) is 14.9. The van der Waals surface area contributed by atoms with Crippen molar-refractivity contribution in [2.75, 3.05) is 19.7 Å². The van der Waals surface area contributed by atoms with Crippen molar-refractivity contribution in [2.24, 2.45) is 0 Å². The summed E-state index contributed by atoms with van der Waals surface area (Å²) in [6.07, 6.45) is -2.76. The smallest absolute Gasteiger partial charge is 0.416 e. The maximum atomic E-state index is 13.9. The van der Waals surface area contributed by atoms with E-state index in [4.69, 9.17) is 9.47 Å². The molecule has 1 N–H and O–H groups in total. The lowest BCUT2D eigenvalue weighted by atomic mass is 9.74. The fourth-order valence-electron chi connectivity index (χ4n) is 5.32. The van der Waals surface area contributed by atoms with Crippen LogP contribution >= 0.6 is 0 Å². The molecule has 4 aromatic carbocycles. The first-order valence-corrected chi connectivity index (χ1v) is 13.7. The van der Waals surface area contributed by atoms with Gasteiger partial charge in [0.2, 0.25) is 0 Å². The van der Waals surface area contributed by atoms with Gasteiger partial charge in [0.15, 0.2) is 0 Å². The van der Waals surface area contributed by atoms with Crippen molar-refractivity contribution >= 4 is 5.97 Å². The summed E-state index contributed by atoms with van der Waals surface area (Å²) in [5.74, 6) is -0.542. The molecule has 0 radical (unpaired) electrons. The molecule has 1 saturated heterocycles. The van der Waals surface area contributed by atoms with Gasteiger partial charge in [0.25, 0.3) is 0 Å². The molecule has 0 saturated carbocycles. The predicted octanol–water partition coefficient (Wildman–Crippen LogP) is 7.57. The first-order chi connectivity index (χ1) is 19.8. The molecule has 0 atom stereocenters. The van der Waals surface area contributed by atoms with E-state index in [9.17, 15) is 18.0 Å². The van der Waals surface area contributed by atoms with E-state index in [-0.39, 0.29) is 24.2 Å². The van der Waals surface area contributed by atoms with E-state index in [1.54, 1.807) is 30.3 Å². The summed E-state index contributed by atoms with van der Waals surface area (Å²) in [4.78, 5) is 12.7.